The Morgan fingerprint density at radius 1 is 1.17 bits per heavy atom. The zero-order valence-corrected chi connectivity index (χ0v) is 10.5. The third-order valence-electron chi connectivity index (χ3n) is 2.20. The van der Waals surface area contributed by atoms with Crippen LogP contribution in [0.2, 0.25) is 0 Å². The van der Waals surface area contributed by atoms with E-state index in [-0.39, 0.29) is 11.3 Å². The molecule has 0 aliphatic rings. The zero-order valence-electron chi connectivity index (χ0n) is 10.5. The molecule has 1 rings (SSSR count). The van der Waals surface area contributed by atoms with Gasteiger partial charge in [-0.2, -0.15) is 0 Å². The Bertz CT molecular complexity index is 448. The number of carbonyl (C=O) groups is 2. The molecule has 1 aromatic rings. The van der Waals surface area contributed by atoms with Crippen molar-refractivity contribution in [2.24, 2.45) is 0 Å². The van der Waals surface area contributed by atoms with E-state index in [1.165, 1.54) is 24.3 Å². The van der Waals surface area contributed by atoms with Crippen molar-refractivity contribution < 1.29 is 19.8 Å². The number of nitrogens with zero attached hydrogens (tertiary/aromatic N) is 1. The van der Waals surface area contributed by atoms with Crippen LogP contribution in [0.25, 0.3) is 0 Å². The molecular weight excluding hydrogens is 236 g/mol. The van der Waals surface area contributed by atoms with Gasteiger partial charge in [0.15, 0.2) is 0 Å². The van der Waals surface area contributed by atoms with Gasteiger partial charge in [0.2, 0.25) is 0 Å². The van der Waals surface area contributed by atoms with E-state index in [1.54, 1.807) is 20.8 Å². The second kappa shape index (κ2) is 4.95. The number of carboxylic acid groups (broad SMARTS) is 1. The van der Waals surface area contributed by atoms with Crippen molar-refractivity contribution in [3.8, 4) is 5.75 Å². The zero-order chi connectivity index (χ0) is 13.9. The Labute approximate surface area is 105 Å². The summed E-state index contributed by atoms with van der Waals surface area (Å²) in [6.07, 6.45) is -1.24. The highest BCUT2D eigenvalue weighted by Gasteiger charge is 2.28. The van der Waals surface area contributed by atoms with E-state index in [0.29, 0.717) is 0 Å². The first kappa shape index (κ1) is 13.8. The van der Waals surface area contributed by atoms with E-state index in [2.05, 4.69) is 5.43 Å². The molecule has 1 aromatic carbocycles. The lowest BCUT2D eigenvalue weighted by Gasteiger charge is -2.32. The topological polar surface area (TPSA) is 89.9 Å². The maximum Gasteiger partial charge on any atom is 0.426 e. The summed E-state index contributed by atoms with van der Waals surface area (Å²) in [5, 5.41) is 19.0. The number of phenols is 1. The van der Waals surface area contributed by atoms with E-state index in [0.717, 1.165) is 5.01 Å². The Hall–Kier alpha value is -2.24. The van der Waals surface area contributed by atoms with Crippen LogP contribution < -0.4 is 5.43 Å². The van der Waals surface area contributed by atoms with Crippen LogP contribution in [0.5, 0.6) is 5.75 Å². The highest BCUT2D eigenvalue weighted by atomic mass is 16.4. The smallest absolute Gasteiger partial charge is 0.426 e. The van der Waals surface area contributed by atoms with Crippen molar-refractivity contribution in [3.05, 3.63) is 29.8 Å². The summed E-state index contributed by atoms with van der Waals surface area (Å²) in [5.74, 6) is -0.509. The van der Waals surface area contributed by atoms with Crippen LogP contribution in [0.15, 0.2) is 24.3 Å². The van der Waals surface area contributed by atoms with Gasteiger partial charge in [0.05, 0.1) is 5.54 Å². The maximum atomic E-state index is 11.8. The minimum absolute atomic E-state index is 0.0393. The largest absolute Gasteiger partial charge is 0.508 e. The molecule has 6 heteroatoms. The summed E-state index contributed by atoms with van der Waals surface area (Å²) in [6, 6.07) is 5.54. The minimum atomic E-state index is -1.24. The molecule has 2 amide bonds. The molecule has 0 unspecified atom stereocenters. The first-order chi connectivity index (χ1) is 8.21. The lowest BCUT2D eigenvalue weighted by atomic mass is 10.1. The highest BCUT2D eigenvalue weighted by molar-refractivity contribution is 5.95. The first-order valence-corrected chi connectivity index (χ1v) is 5.35. The molecule has 0 saturated heterocycles. The summed E-state index contributed by atoms with van der Waals surface area (Å²) < 4.78 is 0. The first-order valence-electron chi connectivity index (χ1n) is 5.35. The van der Waals surface area contributed by atoms with Crippen molar-refractivity contribution in [1.29, 1.82) is 0 Å². The number of amides is 2. The number of rotatable bonds is 1. The SMILES string of the molecule is CC(C)(C)N(NC(=O)c1ccc(O)cc1)C(=O)O. The Kier molecular flexibility index (Phi) is 3.80. The van der Waals surface area contributed by atoms with E-state index in [9.17, 15) is 9.59 Å². The van der Waals surface area contributed by atoms with Gasteiger partial charge in [0.25, 0.3) is 5.91 Å². The van der Waals surface area contributed by atoms with Gasteiger partial charge in [0, 0.05) is 5.56 Å². The number of hydrogen-bond donors (Lipinski definition) is 3. The lowest BCUT2D eigenvalue weighted by molar-refractivity contribution is 0.0497. The van der Waals surface area contributed by atoms with E-state index in [4.69, 9.17) is 10.2 Å². The lowest BCUT2D eigenvalue weighted by Crippen LogP contribution is -2.55. The highest BCUT2D eigenvalue weighted by Crippen LogP contribution is 2.13. The molecule has 0 bridgehead atoms. The number of hydrazine groups is 1. The molecule has 0 heterocycles. The number of nitrogens with one attached hydrogen (secondary N) is 1. The fraction of sp³-hybridized carbons (Fsp3) is 0.333. The molecule has 0 atom stereocenters. The Morgan fingerprint density at radius 2 is 1.67 bits per heavy atom. The summed E-state index contributed by atoms with van der Waals surface area (Å²) in [4.78, 5) is 22.9. The third kappa shape index (κ3) is 3.38. The maximum absolute atomic E-state index is 11.8. The molecule has 0 spiro atoms. The molecule has 98 valence electrons. The van der Waals surface area contributed by atoms with Crippen molar-refractivity contribution in [3.63, 3.8) is 0 Å². The second-order valence-electron chi connectivity index (χ2n) is 4.78. The van der Waals surface area contributed by atoms with Crippen LogP contribution in [-0.2, 0) is 0 Å². The fourth-order valence-corrected chi connectivity index (χ4v) is 1.28. The van der Waals surface area contributed by atoms with Crippen LogP contribution in [0.3, 0.4) is 0 Å². The van der Waals surface area contributed by atoms with Crippen LogP contribution in [0.1, 0.15) is 31.1 Å². The number of phenolic OH excluding ortho intramolecular Hbond substituents is 1. The molecule has 6 nitrogen and oxygen atoms in total. The third-order valence-corrected chi connectivity index (χ3v) is 2.20. The molecule has 0 saturated carbocycles. The van der Waals surface area contributed by atoms with Crippen LogP contribution in [-0.4, -0.2) is 32.8 Å². The van der Waals surface area contributed by atoms with E-state index >= 15 is 0 Å². The molecule has 0 radical (unpaired) electrons. The second-order valence-corrected chi connectivity index (χ2v) is 4.78. The summed E-state index contributed by atoms with van der Waals surface area (Å²) >= 11 is 0. The predicted molar refractivity (Wildman–Crippen MR) is 65.2 cm³/mol. The standard InChI is InChI=1S/C12H16N2O4/c1-12(2,3)14(11(17)18)13-10(16)8-4-6-9(15)7-5-8/h4-7,15H,1-3H3,(H,13,16)(H,17,18). The number of hydrogen-bond acceptors (Lipinski definition) is 3. The number of carbonyl (C=O) groups excluding carboxylic acids is 1. The van der Waals surface area contributed by atoms with Gasteiger partial charge in [-0.15, -0.1) is 0 Å². The van der Waals surface area contributed by atoms with Crippen molar-refractivity contribution in [1.82, 2.24) is 10.4 Å². The number of aromatic hydroxyl groups is 1. The molecule has 0 aliphatic heterocycles. The molecule has 3 N–H and O–H groups in total. The number of benzene rings is 1. The van der Waals surface area contributed by atoms with Gasteiger partial charge < -0.3 is 10.2 Å². The van der Waals surface area contributed by atoms with Gasteiger partial charge in [-0.1, -0.05) is 0 Å². The van der Waals surface area contributed by atoms with Gasteiger partial charge in [0.1, 0.15) is 5.75 Å². The fourth-order valence-electron chi connectivity index (χ4n) is 1.28. The minimum Gasteiger partial charge on any atom is -0.508 e. The average molecular weight is 252 g/mol. The molecule has 0 aromatic heterocycles. The van der Waals surface area contributed by atoms with Crippen molar-refractivity contribution >= 4 is 12.0 Å². The van der Waals surface area contributed by atoms with Crippen molar-refractivity contribution in [2.75, 3.05) is 0 Å². The quantitative estimate of drug-likeness (QED) is 0.665. The molecule has 0 fully saturated rings. The molecule has 0 aliphatic carbocycles. The van der Waals surface area contributed by atoms with Crippen molar-refractivity contribution in [2.45, 2.75) is 26.3 Å². The Balaban J connectivity index is 2.86. The van der Waals surface area contributed by atoms with E-state index < -0.39 is 17.5 Å². The van der Waals surface area contributed by atoms with Crippen LogP contribution in [0.4, 0.5) is 4.79 Å². The van der Waals surface area contributed by atoms with Gasteiger partial charge in [-0.05, 0) is 45.0 Å². The summed E-state index contributed by atoms with van der Waals surface area (Å²) in [7, 11) is 0. The van der Waals surface area contributed by atoms with Gasteiger partial charge in [-0.25, -0.2) is 9.80 Å². The summed E-state index contributed by atoms with van der Waals surface area (Å²) in [5.41, 5.74) is 1.82. The monoisotopic (exact) mass is 252 g/mol. The molecular formula is C12H16N2O4. The predicted octanol–water partition coefficient (Wildman–Crippen LogP) is 1.82. The van der Waals surface area contributed by atoms with Gasteiger partial charge in [-0.3, -0.25) is 10.2 Å². The van der Waals surface area contributed by atoms with E-state index in [1.807, 2.05) is 0 Å². The normalized spacial score (nSPS) is 10.8. The average Bonchev–Trinajstić information content (AvgIpc) is 2.24. The Morgan fingerprint density at radius 3 is 2.06 bits per heavy atom. The van der Waals surface area contributed by atoms with Crippen LogP contribution in [0, 0.1) is 0 Å². The van der Waals surface area contributed by atoms with Crippen LogP contribution >= 0.6 is 0 Å². The van der Waals surface area contributed by atoms with Gasteiger partial charge >= 0.3 is 6.09 Å². The summed E-state index contributed by atoms with van der Waals surface area (Å²) in [6.45, 7) is 4.99. The molecule has 18 heavy (non-hydrogen) atoms.